The van der Waals surface area contributed by atoms with Gasteiger partial charge < -0.3 is 35.3 Å². The minimum Gasteiger partial charge on any atom is -0.490 e. The summed E-state index contributed by atoms with van der Waals surface area (Å²) in [7, 11) is 1.38. The number of anilines is 1. The first-order chi connectivity index (χ1) is 29.2. The molecule has 0 fully saturated rings. The van der Waals surface area contributed by atoms with Crippen molar-refractivity contribution in [2.45, 2.75) is 114 Å². The van der Waals surface area contributed by atoms with E-state index < -0.39 is 59.5 Å². The number of alkyl halides is 6. The lowest BCUT2D eigenvalue weighted by Crippen LogP contribution is -2.64. The van der Waals surface area contributed by atoms with Gasteiger partial charge in [-0.2, -0.15) is 31.6 Å². The van der Waals surface area contributed by atoms with E-state index in [1.165, 1.54) is 25.4 Å². The van der Waals surface area contributed by atoms with Crippen LogP contribution >= 0.6 is 0 Å². The molecule has 2 atom stereocenters. The molecule has 1 aliphatic heterocycles. The summed E-state index contributed by atoms with van der Waals surface area (Å²) in [5, 5.41) is 35.8. The van der Waals surface area contributed by atoms with Gasteiger partial charge in [0.25, 0.3) is 0 Å². The summed E-state index contributed by atoms with van der Waals surface area (Å²) in [6.07, 6.45) is -4.91. The summed E-state index contributed by atoms with van der Waals surface area (Å²) in [5.41, 5.74) is 2.23. The fourth-order valence-corrected chi connectivity index (χ4v) is 6.59. The van der Waals surface area contributed by atoms with E-state index in [1.807, 2.05) is 6.07 Å². The third kappa shape index (κ3) is 15.0. The number of pyridine rings is 1. The molecule has 3 heterocycles. The molecule has 2 unspecified atom stereocenters. The van der Waals surface area contributed by atoms with Crippen molar-refractivity contribution in [2.75, 3.05) is 31.8 Å². The molecule has 4 rings (SSSR count). The largest absolute Gasteiger partial charge is 0.490 e. The number of halogens is 6. The van der Waals surface area contributed by atoms with Gasteiger partial charge in [0.1, 0.15) is 11.5 Å². The first kappa shape index (κ1) is 50.6. The number of carbonyl (C=O) groups is 3. The second-order valence-electron chi connectivity index (χ2n) is 14.3. The molecule has 0 bridgehead atoms. The number of hydrogen-bond acceptors (Lipinski definition) is 11. The fourth-order valence-electron chi connectivity index (χ4n) is 6.59. The van der Waals surface area contributed by atoms with Crippen LogP contribution in [-0.4, -0.2) is 80.9 Å². The minimum absolute atomic E-state index is 0.0112. The highest BCUT2D eigenvalue weighted by Gasteiger charge is 2.50. The number of carboxylic acids is 2. The Morgan fingerprint density at radius 2 is 1.48 bits per heavy atom. The maximum absolute atomic E-state index is 13.6. The van der Waals surface area contributed by atoms with Crippen LogP contribution in [0.2, 0.25) is 0 Å². The summed E-state index contributed by atoms with van der Waals surface area (Å²) in [5.74, 6) is -2.30. The van der Waals surface area contributed by atoms with E-state index in [1.54, 1.807) is 6.92 Å². The van der Waals surface area contributed by atoms with Crippen molar-refractivity contribution < 1.29 is 70.3 Å². The van der Waals surface area contributed by atoms with Gasteiger partial charge in [-0.05, 0) is 68.4 Å². The van der Waals surface area contributed by atoms with Gasteiger partial charge in [-0.3, -0.25) is 14.5 Å². The molecule has 5 N–H and O–H groups in total. The Morgan fingerprint density at radius 3 is 1.98 bits per heavy atom. The van der Waals surface area contributed by atoms with Crippen LogP contribution in [0.4, 0.5) is 36.8 Å². The number of hydrogen-bond donors (Lipinski definition) is 4. The van der Waals surface area contributed by atoms with Crippen molar-refractivity contribution in [3.8, 4) is 17.7 Å². The van der Waals surface area contributed by atoms with E-state index in [4.69, 9.17) is 35.4 Å². The lowest BCUT2D eigenvalue weighted by atomic mass is 9.80. The van der Waals surface area contributed by atoms with Crippen molar-refractivity contribution in [1.29, 1.82) is 5.26 Å². The Kier molecular flexibility index (Phi) is 19.1. The molecule has 2 aromatic heterocycles. The molecule has 1 amide bonds. The van der Waals surface area contributed by atoms with Gasteiger partial charge in [0, 0.05) is 51.4 Å². The molecule has 3 aromatic rings. The SMILES string of the molecule is CCC1(N)C(c2ncc(OCCCC#N)c(Cc3cc(C(F)(F)F)cc(C(F)(F)F)c3)n2)Cc2nc(OC)ccc2N1C(=O)O.O=C(O)CCCCCOCCCCCC(=O)O. The molecule has 1 aliphatic rings. The number of nitrogens with zero attached hydrogens (tertiary/aromatic N) is 5. The molecule has 0 radical (unpaired) electrons. The van der Waals surface area contributed by atoms with Crippen molar-refractivity contribution in [1.82, 2.24) is 15.0 Å². The highest BCUT2D eigenvalue weighted by molar-refractivity contribution is 5.89. The Balaban J connectivity index is 0.000000509. The number of methoxy groups -OCH3 is 1. The quantitative estimate of drug-likeness (QED) is 0.0582. The molecule has 0 spiro atoms. The number of aromatic nitrogens is 3. The second-order valence-corrected chi connectivity index (χ2v) is 14.3. The summed E-state index contributed by atoms with van der Waals surface area (Å²) in [4.78, 5) is 47.1. The van der Waals surface area contributed by atoms with Crippen molar-refractivity contribution in [3.05, 3.63) is 70.4 Å². The van der Waals surface area contributed by atoms with Crippen LogP contribution in [0.5, 0.6) is 11.6 Å². The van der Waals surface area contributed by atoms with Crippen LogP contribution in [0.1, 0.15) is 117 Å². The van der Waals surface area contributed by atoms with E-state index >= 15 is 0 Å². The van der Waals surface area contributed by atoms with Gasteiger partial charge in [0.2, 0.25) is 5.88 Å². The Labute approximate surface area is 353 Å². The third-order valence-electron chi connectivity index (χ3n) is 9.78. The van der Waals surface area contributed by atoms with Gasteiger partial charge >= 0.3 is 30.4 Å². The number of ether oxygens (including phenoxy) is 3. The predicted octanol–water partition coefficient (Wildman–Crippen LogP) is 8.37. The number of nitriles is 1. The lowest BCUT2D eigenvalue weighted by molar-refractivity contribution is -0.143. The van der Waals surface area contributed by atoms with E-state index in [2.05, 4.69) is 15.0 Å². The summed E-state index contributed by atoms with van der Waals surface area (Å²) in [6, 6.07) is 6.13. The smallest absolute Gasteiger partial charge is 0.416 e. The summed E-state index contributed by atoms with van der Waals surface area (Å²) < 4.78 is 97.7. The van der Waals surface area contributed by atoms with E-state index in [9.17, 15) is 45.8 Å². The zero-order chi connectivity index (χ0) is 46.1. The molecule has 15 nitrogen and oxygen atoms in total. The topological polar surface area (TPSA) is 231 Å². The van der Waals surface area contributed by atoms with Crippen LogP contribution in [-0.2, 0) is 39.5 Å². The van der Waals surface area contributed by atoms with Crippen LogP contribution in [0.15, 0.2) is 36.5 Å². The molecule has 0 saturated carbocycles. The number of fused-ring (bicyclic) bond motifs is 1. The molecule has 1 aromatic carbocycles. The normalized spacial score (nSPS) is 16.1. The van der Waals surface area contributed by atoms with Gasteiger partial charge in [-0.15, -0.1) is 0 Å². The molecule has 21 heteroatoms. The van der Waals surface area contributed by atoms with E-state index in [0.717, 1.165) is 30.6 Å². The standard InChI is InChI=1S/C29H28F6N6O4.C12H22O5/c1-3-27(37)19(14-20-22(41(27)26(42)43)6-7-24(39-20)44-2)25-38-15-23(45-9-5-4-8-36)21(40-25)12-16-10-17(28(30,31)32)13-18(11-16)29(33,34)35;13-11(14)7-3-1-5-9-17-10-6-2-4-8-12(15)16/h6-7,10-11,13,15,19H,3-5,9,12,14,37H2,1-2H3,(H,42,43);1-10H2,(H,13,14)(H,15,16). The zero-order valence-electron chi connectivity index (χ0n) is 34.2. The Bertz CT molecular complexity index is 1960. The molecule has 0 saturated heterocycles. The number of nitrogens with two attached hydrogens (primary N) is 1. The Morgan fingerprint density at radius 1 is 0.887 bits per heavy atom. The van der Waals surface area contributed by atoms with Crippen LogP contribution in [0.3, 0.4) is 0 Å². The summed E-state index contributed by atoms with van der Waals surface area (Å²) in [6.45, 7) is 2.97. The molecule has 62 heavy (non-hydrogen) atoms. The van der Waals surface area contributed by atoms with Gasteiger partial charge in [-0.25, -0.2) is 19.7 Å². The highest BCUT2D eigenvalue weighted by Crippen LogP contribution is 2.44. The average molecular weight is 885 g/mol. The number of rotatable bonds is 21. The maximum Gasteiger partial charge on any atom is 0.416 e. The lowest BCUT2D eigenvalue weighted by Gasteiger charge is -2.47. The number of unbranched alkanes of at least 4 members (excludes halogenated alkanes) is 5. The van der Waals surface area contributed by atoms with Crippen molar-refractivity contribution in [3.63, 3.8) is 0 Å². The molecule has 0 aliphatic carbocycles. The Hall–Kier alpha value is -5.75. The fraction of sp³-hybridized carbons (Fsp3) is 0.537. The van der Waals surface area contributed by atoms with Crippen molar-refractivity contribution in [2.24, 2.45) is 5.73 Å². The first-order valence-electron chi connectivity index (χ1n) is 19.8. The minimum atomic E-state index is -5.06. The molecular formula is C41H50F6N6O9. The van der Waals surface area contributed by atoms with Gasteiger partial charge in [0.05, 0.1) is 60.1 Å². The van der Waals surface area contributed by atoms with Crippen molar-refractivity contribution >= 4 is 23.7 Å². The number of aliphatic carboxylic acids is 2. The van der Waals surface area contributed by atoms with Crippen LogP contribution in [0.25, 0.3) is 0 Å². The molecular weight excluding hydrogens is 834 g/mol. The number of amides is 1. The predicted molar refractivity (Wildman–Crippen MR) is 210 cm³/mol. The van der Waals surface area contributed by atoms with Gasteiger partial charge in [0.15, 0.2) is 5.75 Å². The van der Waals surface area contributed by atoms with E-state index in [0.29, 0.717) is 43.9 Å². The zero-order valence-corrected chi connectivity index (χ0v) is 34.2. The number of carboxylic acid groups (broad SMARTS) is 3. The first-order valence-corrected chi connectivity index (χ1v) is 19.8. The monoisotopic (exact) mass is 884 g/mol. The van der Waals surface area contributed by atoms with E-state index in [-0.39, 0.29) is 85.6 Å². The van der Waals surface area contributed by atoms with Gasteiger partial charge in [-0.1, -0.05) is 19.8 Å². The van der Waals surface area contributed by atoms with Crippen LogP contribution < -0.4 is 20.1 Å². The second kappa shape index (κ2) is 23.5. The number of benzene rings is 1. The molecule has 340 valence electrons. The average Bonchev–Trinajstić information content (AvgIpc) is 3.20. The highest BCUT2D eigenvalue weighted by atomic mass is 19.4. The third-order valence-corrected chi connectivity index (χ3v) is 9.78. The maximum atomic E-state index is 13.6. The van der Waals surface area contributed by atoms with Crippen LogP contribution in [0, 0.1) is 11.3 Å². The summed E-state index contributed by atoms with van der Waals surface area (Å²) >= 11 is 0.